The highest BCUT2D eigenvalue weighted by Gasteiger charge is 2.31. The van der Waals surface area contributed by atoms with Crippen LogP contribution in [-0.2, 0) is 9.59 Å². The maximum Gasteiger partial charge on any atom is 0.303 e. The number of thiophene rings is 1. The van der Waals surface area contributed by atoms with Gasteiger partial charge in [0.2, 0.25) is 0 Å². The molecule has 1 aromatic carbocycles. The molecule has 1 aliphatic carbocycles. The number of carboxylic acid groups (broad SMARTS) is 1. The molecule has 0 bridgehead atoms. The van der Waals surface area contributed by atoms with Crippen LogP contribution in [0.25, 0.3) is 10.1 Å². The molecule has 1 aromatic heterocycles. The lowest BCUT2D eigenvalue weighted by molar-refractivity contribution is -0.137. The van der Waals surface area contributed by atoms with Gasteiger partial charge in [0.1, 0.15) is 6.10 Å². The Balaban J connectivity index is 1.57. The number of hydrogen-bond donors (Lipinski definition) is 2. The molecule has 0 unspecified atom stereocenters. The Hall–Kier alpha value is -2.24. The van der Waals surface area contributed by atoms with E-state index in [-0.39, 0.29) is 24.0 Å². The Morgan fingerprint density at radius 1 is 1.21 bits per heavy atom. The third-order valence-electron chi connectivity index (χ3n) is 5.61. The molecule has 0 amide bonds. The molecular formula is C24H28O4S. The zero-order chi connectivity index (χ0) is 20.8. The van der Waals surface area contributed by atoms with E-state index in [4.69, 9.17) is 5.11 Å². The van der Waals surface area contributed by atoms with Crippen LogP contribution >= 0.6 is 11.3 Å². The molecule has 0 saturated heterocycles. The maximum absolute atomic E-state index is 12.4. The maximum atomic E-state index is 12.4. The minimum atomic E-state index is -0.743. The summed E-state index contributed by atoms with van der Waals surface area (Å²) in [6.45, 7) is 2.00. The topological polar surface area (TPSA) is 74.6 Å². The number of aliphatic hydroxyl groups is 1. The number of hydrogen-bond acceptors (Lipinski definition) is 4. The molecule has 29 heavy (non-hydrogen) atoms. The molecule has 3 atom stereocenters. The zero-order valence-electron chi connectivity index (χ0n) is 16.7. The fourth-order valence-corrected chi connectivity index (χ4v) is 5.04. The van der Waals surface area contributed by atoms with Crippen molar-refractivity contribution < 1.29 is 19.8 Å². The molecule has 0 radical (unpaired) electrons. The number of carbonyl (C=O) groups excluding carboxylic acids is 1. The van der Waals surface area contributed by atoms with Crippen LogP contribution in [-0.4, -0.2) is 22.0 Å². The van der Waals surface area contributed by atoms with E-state index in [1.807, 2.05) is 43.3 Å². The summed E-state index contributed by atoms with van der Waals surface area (Å²) >= 11 is 1.57. The summed E-state index contributed by atoms with van der Waals surface area (Å²) in [7, 11) is 0. The summed E-state index contributed by atoms with van der Waals surface area (Å²) in [4.78, 5) is 23.9. The summed E-state index contributed by atoms with van der Waals surface area (Å²) in [6.07, 6.45) is 9.35. The number of benzene rings is 1. The van der Waals surface area contributed by atoms with E-state index in [9.17, 15) is 14.7 Å². The molecule has 3 rings (SSSR count). The molecule has 4 nitrogen and oxygen atoms in total. The normalized spacial score (nSPS) is 20.5. The highest BCUT2D eigenvalue weighted by molar-refractivity contribution is 7.19. The SMILES string of the molecule is CC1=CC(=O)[C@@H](C=C[C@@H](O)c2cc3ccccc3s2)[C@H]1CCCCCCC(=O)O. The summed E-state index contributed by atoms with van der Waals surface area (Å²) in [5, 5.41) is 20.4. The van der Waals surface area contributed by atoms with Crippen LogP contribution < -0.4 is 0 Å². The summed E-state index contributed by atoms with van der Waals surface area (Å²) in [5.74, 6) is -0.670. The minimum Gasteiger partial charge on any atom is -0.481 e. The molecule has 2 aromatic rings. The van der Waals surface area contributed by atoms with Gasteiger partial charge in [-0.25, -0.2) is 0 Å². The number of fused-ring (bicyclic) bond motifs is 1. The standard InChI is InChI=1S/C24H28O4S/c1-16-14-21(26)19(18(16)9-4-2-3-5-11-24(27)28)12-13-20(25)23-15-17-8-6-7-10-22(17)29-23/h6-8,10,12-15,18-20,25H,2-5,9,11H2,1H3,(H,27,28)/t18-,19-,20+/m0/s1. The predicted molar refractivity (Wildman–Crippen MR) is 117 cm³/mol. The number of ketones is 1. The average Bonchev–Trinajstić information content (AvgIpc) is 3.23. The molecule has 1 heterocycles. The predicted octanol–water partition coefficient (Wildman–Crippen LogP) is 5.68. The number of allylic oxidation sites excluding steroid dienone is 3. The van der Waals surface area contributed by atoms with Crippen LogP contribution in [0.1, 0.15) is 56.4 Å². The van der Waals surface area contributed by atoms with Crippen molar-refractivity contribution in [3.05, 3.63) is 59.0 Å². The Morgan fingerprint density at radius 3 is 2.72 bits per heavy atom. The third kappa shape index (κ3) is 5.64. The second-order valence-corrected chi connectivity index (χ2v) is 8.90. The van der Waals surface area contributed by atoms with Crippen LogP contribution in [0.15, 0.2) is 54.1 Å². The van der Waals surface area contributed by atoms with Gasteiger partial charge < -0.3 is 10.2 Å². The van der Waals surface area contributed by atoms with Crippen LogP contribution in [0.2, 0.25) is 0 Å². The molecule has 5 heteroatoms. The van der Waals surface area contributed by atoms with Gasteiger partial charge in [-0.05, 0) is 49.3 Å². The van der Waals surface area contributed by atoms with Crippen molar-refractivity contribution >= 4 is 33.2 Å². The minimum absolute atomic E-state index is 0.109. The molecule has 0 aliphatic heterocycles. The molecule has 0 saturated carbocycles. The van der Waals surface area contributed by atoms with Gasteiger partial charge in [0.05, 0.1) is 0 Å². The molecular weight excluding hydrogens is 384 g/mol. The Labute approximate surface area is 175 Å². The highest BCUT2D eigenvalue weighted by Crippen LogP contribution is 2.36. The smallest absolute Gasteiger partial charge is 0.303 e. The number of rotatable bonds is 10. The number of aliphatic hydroxyl groups excluding tert-OH is 1. The fourth-order valence-electron chi connectivity index (χ4n) is 4.01. The zero-order valence-corrected chi connectivity index (χ0v) is 17.5. The summed E-state index contributed by atoms with van der Waals surface area (Å²) < 4.78 is 1.14. The van der Waals surface area contributed by atoms with Crippen molar-refractivity contribution in [3.63, 3.8) is 0 Å². The van der Waals surface area contributed by atoms with Gasteiger partial charge >= 0.3 is 5.97 Å². The first-order valence-corrected chi connectivity index (χ1v) is 11.1. The number of aliphatic carboxylic acids is 1. The van der Waals surface area contributed by atoms with Gasteiger partial charge in [0, 0.05) is 21.9 Å². The summed E-state index contributed by atoms with van der Waals surface area (Å²) in [5.41, 5.74) is 1.10. The molecule has 1 aliphatic rings. The van der Waals surface area contributed by atoms with Crippen molar-refractivity contribution in [1.29, 1.82) is 0 Å². The number of carbonyl (C=O) groups is 2. The van der Waals surface area contributed by atoms with E-state index in [0.717, 1.165) is 46.2 Å². The van der Waals surface area contributed by atoms with E-state index in [2.05, 4.69) is 0 Å². The van der Waals surface area contributed by atoms with E-state index in [1.54, 1.807) is 23.5 Å². The lowest BCUT2D eigenvalue weighted by atomic mass is 9.86. The van der Waals surface area contributed by atoms with Crippen LogP contribution in [0.5, 0.6) is 0 Å². The fraction of sp³-hybridized carbons (Fsp3) is 0.417. The monoisotopic (exact) mass is 412 g/mol. The van der Waals surface area contributed by atoms with Gasteiger partial charge in [0.15, 0.2) is 5.78 Å². The van der Waals surface area contributed by atoms with Crippen molar-refractivity contribution in [1.82, 2.24) is 0 Å². The number of unbranched alkanes of at least 4 members (excludes halogenated alkanes) is 3. The molecule has 0 fully saturated rings. The van der Waals surface area contributed by atoms with Crippen molar-refractivity contribution in [2.24, 2.45) is 11.8 Å². The van der Waals surface area contributed by atoms with Crippen molar-refractivity contribution in [2.75, 3.05) is 0 Å². The van der Waals surface area contributed by atoms with Crippen molar-refractivity contribution in [3.8, 4) is 0 Å². The van der Waals surface area contributed by atoms with Crippen LogP contribution in [0, 0.1) is 11.8 Å². The first-order chi connectivity index (χ1) is 14.0. The summed E-state index contributed by atoms with van der Waals surface area (Å²) in [6, 6.07) is 10.1. The van der Waals surface area contributed by atoms with Gasteiger partial charge in [0.25, 0.3) is 0 Å². The second kappa shape index (κ2) is 9.99. The van der Waals surface area contributed by atoms with Gasteiger partial charge in [-0.3, -0.25) is 9.59 Å². The Kier molecular flexibility index (Phi) is 7.40. The first-order valence-electron chi connectivity index (χ1n) is 10.2. The van der Waals surface area contributed by atoms with E-state index in [1.165, 1.54) is 0 Å². The van der Waals surface area contributed by atoms with Gasteiger partial charge in [-0.1, -0.05) is 55.2 Å². The molecule has 0 spiro atoms. The molecule has 154 valence electrons. The quantitative estimate of drug-likeness (QED) is 0.389. The van der Waals surface area contributed by atoms with Gasteiger partial charge in [-0.2, -0.15) is 0 Å². The lowest BCUT2D eigenvalue weighted by Gasteiger charge is -2.18. The second-order valence-electron chi connectivity index (χ2n) is 7.79. The van der Waals surface area contributed by atoms with Crippen molar-refractivity contribution in [2.45, 2.75) is 51.6 Å². The average molecular weight is 413 g/mol. The van der Waals surface area contributed by atoms with Gasteiger partial charge in [-0.15, -0.1) is 11.3 Å². The van der Waals surface area contributed by atoms with Crippen LogP contribution in [0.3, 0.4) is 0 Å². The highest BCUT2D eigenvalue weighted by atomic mass is 32.1. The molecule has 2 N–H and O–H groups in total. The number of carboxylic acids is 1. The van der Waals surface area contributed by atoms with E-state index < -0.39 is 12.1 Å². The van der Waals surface area contributed by atoms with E-state index >= 15 is 0 Å². The van der Waals surface area contributed by atoms with Crippen LogP contribution in [0.4, 0.5) is 0 Å². The lowest BCUT2D eigenvalue weighted by Crippen LogP contribution is -2.15. The Bertz CT molecular complexity index is 891. The Morgan fingerprint density at radius 2 is 1.97 bits per heavy atom. The van der Waals surface area contributed by atoms with E-state index in [0.29, 0.717) is 6.42 Å². The largest absolute Gasteiger partial charge is 0.481 e. The first kappa shape index (κ1) is 21.5. The third-order valence-corrected chi connectivity index (χ3v) is 6.80.